The monoisotopic (exact) mass is 494 g/mol. The number of carbonyl (C=O) groups excluding carboxylic acids is 2. The molecule has 0 saturated carbocycles. The number of hydrogen-bond donors (Lipinski definition) is 2. The van der Waals surface area contributed by atoms with Gasteiger partial charge in [-0.1, -0.05) is 41.7 Å². The summed E-state index contributed by atoms with van der Waals surface area (Å²) in [6, 6.07) is 13.1. The zero-order valence-corrected chi connectivity index (χ0v) is 21.0. The summed E-state index contributed by atoms with van der Waals surface area (Å²) < 4.78 is 5.28. The van der Waals surface area contributed by atoms with Crippen LogP contribution in [0.1, 0.15) is 21.5 Å². The number of methoxy groups -OCH3 is 1. The number of benzene rings is 2. The highest BCUT2D eigenvalue weighted by atomic mass is 32.1. The van der Waals surface area contributed by atoms with Gasteiger partial charge in [-0.05, 0) is 31.7 Å². The van der Waals surface area contributed by atoms with Crippen molar-refractivity contribution in [3.63, 3.8) is 0 Å². The molecule has 0 radical (unpaired) electrons. The lowest BCUT2D eigenvalue weighted by atomic mass is 10.1. The third-order valence-electron chi connectivity index (χ3n) is 5.93. The van der Waals surface area contributed by atoms with Crippen molar-refractivity contribution < 1.29 is 14.3 Å². The smallest absolute Gasteiger partial charge is 0.257 e. The minimum atomic E-state index is -0.323. The molecule has 0 aliphatic carbocycles. The van der Waals surface area contributed by atoms with E-state index in [9.17, 15) is 9.59 Å². The van der Waals surface area contributed by atoms with Crippen LogP contribution in [0.25, 0.3) is 10.6 Å². The second kappa shape index (κ2) is 11.5. The van der Waals surface area contributed by atoms with E-state index in [2.05, 4.69) is 37.7 Å². The fourth-order valence-corrected chi connectivity index (χ4v) is 4.71. The van der Waals surface area contributed by atoms with Crippen LogP contribution in [-0.2, 0) is 16.1 Å². The summed E-state index contributed by atoms with van der Waals surface area (Å²) in [5.74, 6) is -0.438. The van der Waals surface area contributed by atoms with Crippen molar-refractivity contribution in [2.24, 2.45) is 0 Å². The first-order valence-electron chi connectivity index (χ1n) is 11.5. The molecule has 0 atom stereocenters. The Hall–Kier alpha value is -3.18. The highest BCUT2D eigenvalue weighted by Gasteiger charge is 2.19. The van der Waals surface area contributed by atoms with Crippen molar-refractivity contribution in [3.8, 4) is 10.6 Å². The number of anilines is 2. The highest BCUT2D eigenvalue weighted by molar-refractivity contribution is 7.18. The molecular formula is C25H30N6O3S. The van der Waals surface area contributed by atoms with Gasteiger partial charge in [0.1, 0.15) is 5.01 Å². The van der Waals surface area contributed by atoms with E-state index in [4.69, 9.17) is 4.74 Å². The van der Waals surface area contributed by atoms with E-state index < -0.39 is 0 Å². The maximum atomic E-state index is 13.0. The van der Waals surface area contributed by atoms with Gasteiger partial charge >= 0.3 is 0 Å². The molecule has 2 amide bonds. The zero-order chi connectivity index (χ0) is 24.8. The number of nitrogens with zero attached hydrogens (tertiary/aromatic N) is 4. The predicted octanol–water partition coefficient (Wildman–Crippen LogP) is 3.10. The van der Waals surface area contributed by atoms with Gasteiger partial charge in [0, 0.05) is 55.7 Å². The standard InChI is InChI=1S/C25H30N6O3S/c1-17-6-4-5-7-20(17)24-28-29-25(35-24)27-23(33)18-8-9-19(16-34-3)21(14-18)26-22(32)15-31-12-10-30(2)11-13-31/h4-9,14H,10-13,15-16H2,1-3H3,(H,26,32)(H,27,29,33). The van der Waals surface area contributed by atoms with Gasteiger partial charge in [-0.25, -0.2) is 0 Å². The summed E-state index contributed by atoms with van der Waals surface area (Å²) in [5.41, 5.74) is 3.85. The van der Waals surface area contributed by atoms with E-state index in [1.54, 1.807) is 25.3 Å². The Kier molecular flexibility index (Phi) is 8.19. The molecule has 1 fully saturated rings. The molecule has 1 aliphatic rings. The van der Waals surface area contributed by atoms with E-state index in [0.717, 1.165) is 47.9 Å². The molecule has 35 heavy (non-hydrogen) atoms. The Morgan fingerprint density at radius 2 is 1.83 bits per heavy atom. The minimum absolute atomic E-state index is 0.114. The van der Waals surface area contributed by atoms with E-state index in [1.807, 2.05) is 31.2 Å². The Labute approximate surface area is 209 Å². The molecule has 184 valence electrons. The van der Waals surface area contributed by atoms with E-state index >= 15 is 0 Å². The molecule has 0 spiro atoms. The molecule has 2 N–H and O–H groups in total. The van der Waals surface area contributed by atoms with Crippen LogP contribution in [0.2, 0.25) is 0 Å². The third-order valence-corrected chi connectivity index (χ3v) is 6.80. The molecule has 0 unspecified atom stereocenters. The van der Waals surface area contributed by atoms with Crippen molar-refractivity contribution >= 4 is 34.0 Å². The van der Waals surface area contributed by atoms with E-state index in [0.29, 0.717) is 29.5 Å². The first kappa shape index (κ1) is 24.9. The van der Waals surface area contributed by atoms with Gasteiger partial charge in [0.05, 0.1) is 13.2 Å². The molecule has 2 aromatic carbocycles. The first-order chi connectivity index (χ1) is 16.9. The number of aryl methyl sites for hydroxylation is 1. The van der Waals surface area contributed by atoms with Gasteiger partial charge in [0.2, 0.25) is 11.0 Å². The van der Waals surface area contributed by atoms with Crippen LogP contribution in [0.4, 0.5) is 10.8 Å². The summed E-state index contributed by atoms with van der Waals surface area (Å²) in [4.78, 5) is 30.1. The first-order valence-corrected chi connectivity index (χ1v) is 12.3. The molecule has 9 nitrogen and oxygen atoms in total. The average Bonchev–Trinajstić information content (AvgIpc) is 3.30. The highest BCUT2D eigenvalue weighted by Crippen LogP contribution is 2.29. The van der Waals surface area contributed by atoms with Gasteiger partial charge in [0.15, 0.2) is 0 Å². The number of piperazine rings is 1. The van der Waals surface area contributed by atoms with E-state index in [1.165, 1.54) is 11.3 Å². The van der Waals surface area contributed by atoms with Crippen LogP contribution in [0.5, 0.6) is 0 Å². The van der Waals surface area contributed by atoms with Gasteiger partial charge in [-0.15, -0.1) is 10.2 Å². The summed E-state index contributed by atoms with van der Waals surface area (Å²) in [5, 5.41) is 15.3. The lowest BCUT2D eigenvalue weighted by Gasteiger charge is -2.31. The number of aromatic nitrogens is 2. The van der Waals surface area contributed by atoms with Crippen molar-refractivity contribution in [3.05, 3.63) is 59.2 Å². The van der Waals surface area contributed by atoms with Crippen molar-refractivity contribution in [2.45, 2.75) is 13.5 Å². The van der Waals surface area contributed by atoms with Crippen molar-refractivity contribution in [1.82, 2.24) is 20.0 Å². The number of rotatable bonds is 8. The summed E-state index contributed by atoms with van der Waals surface area (Å²) in [6.45, 7) is 6.22. The normalized spacial score (nSPS) is 14.6. The SMILES string of the molecule is COCc1ccc(C(=O)Nc2nnc(-c3ccccc3C)s2)cc1NC(=O)CN1CCN(C)CC1. The van der Waals surface area contributed by atoms with Crippen LogP contribution < -0.4 is 10.6 Å². The lowest BCUT2D eigenvalue weighted by Crippen LogP contribution is -2.47. The Balaban J connectivity index is 1.45. The average molecular weight is 495 g/mol. The number of carbonyl (C=O) groups is 2. The maximum Gasteiger partial charge on any atom is 0.257 e. The van der Waals surface area contributed by atoms with Crippen LogP contribution >= 0.6 is 11.3 Å². The minimum Gasteiger partial charge on any atom is -0.380 e. The molecule has 1 aromatic heterocycles. The lowest BCUT2D eigenvalue weighted by molar-refractivity contribution is -0.117. The fourth-order valence-electron chi connectivity index (χ4n) is 3.88. The zero-order valence-electron chi connectivity index (χ0n) is 20.2. The number of nitrogens with one attached hydrogen (secondary N) is 2. The topological polar surface area (TPSA) is 99.7 Å². The van der Waals surface area contributed by atoms with Gasteiger partial charge in [-0.3, -0.25) is 19.8 Å². The molecule has 1 saturated heterocycles. The van der Waals surface area contributed by atoms with Crippen molar-refractivity contribution in [2.75, 3.05) is 57.5 Å². The number of likely N-dealkylation sites (N-methyl/N-ethyl adjacent to an activating group) is 1. The molecular weight excluding hydrogens is 464 g/mol. The van der Waals surface area contributed by atoms with E-state index in [-0.39, 0.29) is 11.8 Å². The summed E-state index contributed by atoms with van der Waals surface area (Å²) in [6.07, 6.45) is 0. The maximum absolute atomic E-state index is 13.0. The van der Waals surface area contributed by atoms with Crippen LogP contribution in [0, 0.1) is 6.92 Å². The largest absolute Gasteiger partial charge is 0.380 e. The molecule has 0 bridgehead atoms. The van der Waals surface area contributed by atoms with Gasteiger partial charge in [0.25, 0.3) is 5.91 Å². The Morgan fingerprint density at radius 3 is 2.57 bits per heavy atom. The summed E-state index contributed by atoms with van der Waals surface area (Å²) >= 11 is 1.32. The molecule has 10 heteroatoms. The fraction of sp³-hybridized carbons (Fsp3) is 0.360. The summed E-state index contributed by atoms with van der Waals surface area (Å²) in [7, 11) is 3.67. The van der Waals surface area contributed by atoms with Crippen LogP contribution in [-0.4, -0.2) is 78.7 Å². The van der Waals surface area contributed by atoms with Gasteiger partial charge in [-0.2, -0.15) is 0 Å². The predicted molar refractivity (Wildman–Crippen MR) is 138 cm³/mol. The number of amides is 2. The van der Waals surface area contributed by atoms with Crippen LogP contribution in [0.15, 0.2) is 42.5 Å². The molecule has 1 aliphatic heterocycles. The number of hydrogen-bond acceptors (Lipinski definition) is 8. The molecule has 4 rings (SSSR count). The second-order valence-corrected chi connectivity index (χ2v) is 9.59. The van der Waals surface area contributed by atoms with Crippen LogP contribution in [0.3, 0.4) is 0 Å². The Bertz CT molecular complexity index is 1190. The second-order valence-electron chi connectivity index (χ2n) is 8.61. The molecule has 3 aromatic rings. The van der Waals surface area contributed by atoms with Gasteiger partial charge < -0.3 is 15.0 Å². The third kappa shape index (κ3) is 6.49. The van der Waals surface area contributed by atoms with Crippen molar-refractivity contribution in [1.29, 1.82) is 0 Å². The quantitative estimate of drug-likeness (QED) is 0.496. The molecule has 2 heterocycles. The number of ether oxygens (including phenoxy) is 1. The Morgan fingerprint density at radius 1 is 1.06 bits per heavy atom.